The van der Waals surface area contributed by atoms with Gasteiger partial charge in [-0.15, -0.1) is 0 Å². The number of nitrogens with zero attached hydrogens (tertiary/aromatic N) is 1. The SMILES string of the molecule is COc1cccc([C@@]2(O)CCCC[C@@H]2CN(C)C)c1.CS(=O)(=O)c1ccc(C2=C(c3ccc(F)cc3)CC3(CC3)C2)cc1. The summed E-state index contributed by atoms with van der Waals surface area (Å²) in [4.78, 5) is 2.51. The second kappa shape index (κ2) is 12.5. The standard InChI is InChI=1S/C20H19FO2S.C16H25NO2/c1-24(22,23)17-8-4-15(5-9-17)19-13-20(10-11-20)12-18(19)14-2-6-16(21)7-3-14;1-17(2)12-14-7-4-5-10-16(14,18)13-8-6-9-15(11-13)19-3/h2-9H,10-13H2,1H3;6,8-9,11,14,18H,4-5,7,10,12H2,1-3H3/t;14-,16+/m.1/s1. The number of aliphatic hydroxyl groups is 1. The third kappa shape index (κ3) is 7.22. The number of allylic oxidation sites excluding steroid dienone is 2. The highest BCUT2D eigenvalue weighted by Gasteiger charge is 2.48. The minimum absolute atomic E-state index is 0.225. The van der Waals surface area contributed by atoms with Gasteiger partial charge in [-0.2, -0.15) is 0 Å². The minimum Gasteiger partial charge on any atom is -0.497 e. The Kier molecular flexibility index (Phi) is 9.17. The molecule has 0 amide bonds. The summed E-state index contributed by atoms with van der Waals surface area (Å²) in [6, 6.07) is 21.8. The summed E-state index contributed by atoms with van der Waals surface area (Å²) < 4.78 is 41.8. The molecule has 3 aliphatic rings. The third-order valence-electron chi connectivity index (χ3n) is 9.44. The molecule has 1 N–H and O–H groups in total. The quantitative estimate of drug-likeness (QED) is 0.305. The molecule has 0 unspecified atom stereocenters. The first-order chi connectivity index (χ1) is 20.4. The molecule has 2 atom stereocenters. The van der Waals surface area contributed by atoms with Gasteiger partial charge in [0.2, 0.25) is 0 Å². The summed E-state index contributed by atoms with van der Waals surface area (Å²) in [5.41, 5.74) is 5.37. The smallest absolute Gasteiger partial charge is 0.175 e. The summed E-state index contributed by atoms with van der Waals surface area (Å²) in [5.74, 6) is 0.890. The van der Waals surface area contributed by atoms with Crippen LogP contribution in [-0.4, -0.2) is 52.4 Å². The predicted molar refractivity (Wildman–Crippen MR) is 171 cm³/mol. The average molecular weight is 606 g/mol. The first-order valence-electron chi connectivity index (χ1n) is 15.2. The summed E-state index contributed by atoms with van der Waals surface area (Å²) in [6.45, 7) is 0.924. The molecule has 0 aliphatic heterocycles. The van der Waals surface area contributed by atoms with Gasteiger partial charge in [0.25, 0.3) is 0 Å². The second-order valence-electron chi connectivity index (χ2n) is 13.0. The molecule has 3 aliphatic carbocycles. The molecular formula is C36H44FNO4S. The number of hydrogen-bond acceptors (Lipinski definition) is 5. The van der Waals surface area contributed by atoms with Gasteiger partial charge in [0, 0.05) is 18.7 Å². The number of rotatable bonds is 7. The van der Waals surface area contributed by atoms with Gasteiger partial charge in [0.15, 0.2) is 9.84 Å². The molecule has 0 heterocycles. The van der Waals surface area contributed by atoms with E-state index in [4.69, 9.17) is 4.74 Å². The average Bonchev–Trinajstić information content (AvgIpc) is 3.64. The van der Waals surface area contributed by atoms with Crippen LogP contribution < -0.4 is 4.74 Å². The topological polar surface area (TPSA) is 66.8 Å². The Morgan fingerprint density at radius 1 is 0.907 bits per heavy atom. The van der Waals surface area contributed by atoms with Crippen LogP contribution in [0.15, 0.2) is 77.7 Å². The Morgan fingerprint density at radius 2 is 1.51 bits per heavy atom. The van der Waals surface area contributed by atoms with Gasteiger partial charge < -0.3 is 14.7 Å². The van der Waals surface area contributed by atoms with Crippen molar-refractivity contribution in [2.45, 2.75) is 61.9 Å². The first kappa shape index (κ1) is 31.4. The van der Waals surface area contributed by atoms with Crippen LogP contribution in [0, 0.1) is 17.2 Å². The van der Waals surface area contributed by atoms with Crippen LogP contribution >= 0.6 is 0 Å². The highest BCUT2D eigenvalue weighted by atomic mass is 32.2. The fourth-order valence-corrected chi connectivity index (χ4v) is 7.48. The molecule has 2 fully saturated rings. The fraction of sp³-hybridized carbons (Fsp3) is 0.444. The zero-order valence-corrected chi connectivity index (χ0v) is 26.6. The van der Waals surface area contributed by atoms with Crippen molar-refractivity contribution < 1.29 is 22.7 Å². The number of sulfone groups is 1. The summed E-state index contributed by atoms with van der Waals surface area (Å²) >= 11 is 0. The molecular weight excluding hydrogens is 561 g/mol. The zero-order chi connectivity index (χ0) is 30.8. The highest BCUT2D eigenvalue weighted by Crippen LogP contribution is 2.63. The molecule has 0 saturated heterocycles. The molecule has 3 aromatic rings. The Bertz CT molecular complexity index is 1560. The van der Waals surface area contributed by atoms with Crippen LogP contribution in [0.2, 0.25) is 0 Å². The summed E-state index contributed by atoms with van der Waals surface area (Å²) in [5, 5.41) is 11.2. The van der Waals surface area contributed by atoms with Gasteiger partial charge in [-0.25, -0.2) is 12.8 Å². The summed E-state index contributed by atoms with van der Waals surface area (Å²) in [7, 11) is 2.63. The maximum atomic E-state index is 13.2. The maximum absolute atomic E-state index is 13.2. The first-order valence-corrected chi connectivity index (χ1v) is 17.1. The lowest BCUT2D eigenvalue weighted by Gasteiger charge is -2.41. The van der Waals surface area contributed by atoms with E-state index in [1.807, 2.05) is 48.5 Å². The molecule has 0 aromatic heterocycles. The van der Waals surface area contributed by atoms with E-state index in [1.165, 1.54) is 48.8 Å². The van der Waals surface area contributed by atoms with Crippen molar-refractivity contribution in [1.29, 1.82) is 0 Å². The monoisotopic (exact) mass is 605 g/mol. The van der Waals surface area contributed by atoms with E-state index in [-0.39, 0.29) is 5.82 Å². The van der Waals surface area contributed by atoms with Crippen LogP contribution in [0.3, 0.4) is 0 Å². The maximum Gasteiger partial charge on any atom is 0.175 e. The Labute approximate surface area is 256 Å². The third-order valence-corrected chi connectivity index (χ3v) is 10.6. The largest absolute Gasteiger partial charge is 0.497 e. The lowest BCUT2D eigenvalue weighted by molar-refractivity contribution is -0.0619. The van der Waals surface area contributed by atoms with Crippen LogP contribution in [0.1, 0.15) is 68.1 Å². The number of halogens is 1. The van der Waals surface area contributed by atoms with Crippen LogP contribution in [0.5, 0.6) is 5.75 Å². The summed E-state index contributed by atoms with van der Waals surface area (Å²) in [6.07, 6.45) is 10.00. The molecule has 0 radical (unpaired) electrons. The zero-order valence-electron chi connectivity index (χ0n) is 25.8. The van der Waals surface area contributed by atoms with Crippen molar-refractivity contribution in [2.75, 3.05) is 34.0 Å². The molecule has 3 aromatic carbocycles. The second-order valence-corrected chi connectivity index (χ2v) is 15.0. The van der Waals surface area contributed by atoms with Gasteiger partial charge >= 0.3 is 0 Å². The highest BCUT2D eigenvalue weighted by molar-refractivity contribution is 7.90. The van der Waals surface area contributed by atoms with Crippen LogP contribution in [0.4, 0.5) is 4.39 Å². The van der Waals surface area contributed by atoms with Gasteiger partial charge in [-0.1, -0.05) is 49.2 Å². The van der Waals surface area contributed by atoms with Crippen molar-refractivity contribution in [1.82, 2.24) is 4.90 Å². The Morgan fingerprint density at radius 3 is 2.05 bits per heavy atom. The normalized spacial score (nSPS) is 22.8. The minimum atomic E-state index is -3.18. The van der Waals surface area contributed by atoms with E-state index in [0.29, 0.717) is 16.2 Å². The van der Waals surface area contributed by atoms with Crippen molar-refractivity contribution in [3.05, 3.63) is 95.3 Å². The van der Waals surface area contributed by atoms with Gasteiger partial charge in [-0.3, -0.25) is 0 Å². The van der Waals surface area contributed by atoms with Gasteiger partial charge in [0.05, 0.1) is 17.6 Å². The van der Waals surface area contributed by atoms with Crippen LogP contribution in [-0.2, 0) is 15.4 Å². The van der Waals surface area contributed by atoms with Gasteiger partial charge in [-0.05, 0) is 122 Å². The molecule has 6 rings (SSSR count). The number of benzene rings is 3. The van der Waals surface area contributed by atoms with Crippen molar-refractivity contribution >= 4 is 21.0 Å². The van der Waals surface area contributed by atoms with Crippen molar-refractivity contribution in [3.63, 3.8) is 0 Å². The van der Waals surface area contributed by atoms with Crippen LogP contribution in [0.25, 0.3) is 11.1 Å². The molecule has 1 spiro atoms. The molecule has 7 heteroatoms. The van der Waals surface area contributed by atoms with E-state index in [0.717, 1.165) is 61.1 Å². The number of ether oxygens (including phenoxy) is 1. The van der Waals surface area contributed by atoms with E-state index < -0.39 is 15.4 Å². The Hall–Kier alpha value is -3.00. The fourth-order valence-electron chi connectivity index (χ4n) is 6.85. The van der Waals surface area contributed by atoms with Gasteiger partial charge in [0.1, 0.15) is 11.6 Å². The molecule has 43 heavy (non-hydrogen) atoms. The van der Waals surface area contributed by atoms with E-state index in [9.17, 15) is 17.9 Å². The number of hydrogen-bond donors (Lipinski definition) is 1. The molecule has 2 saturated carbocycles. The molecule has 0 bridgehead atoms. The predicted octanol–water partition coefficient (Wildman–Crippen LogP) is 7.35. The lowest BCUT2D eigenvalue weighted by atomic mass is 9.71. The molecule has 5 nitrogen and oxygen atoms in total. The van der Waals surface area contributed by atoms with E-state index in [1.54, 1.807) is 19.2 Å². The van der Waals surface area contributed by atoms with Crippen molar-refractivity contribution in [2.24, 2.45) is 11.3 Å². The van der Waals surface area contributed by atoms with Crippen molar-refractivity contribution in [3.8, 4) is 5.75 Å². The Balaban J connectivity index is 0.000000177. The van der Waals surface area contributed by atoms with E-state index >= 15 is 0 Å². The molecule has 230 valence electrons. The van der Waals surface area contributed by atoms with E-state index in [2.05, 4.69) is 19.0 Å². The number of methoxy groups -OCH3 is 1. The lowest BCUT2D eigenvalue weighted by Crippen LogP contribution is -2.43.